The van der Waals surface area contributed by atoms with Crippen molar-refractivity contribution in [2.75, 3.05) is 32.2 Å². The van der Waals surface area contributed by atoms with E-state index in [1.54, 1.807) is 7.11 Å². The molecule has 1 aliphatic heterocycles. The van der Waals surface area contributed by atoms with E-state index >= 15 is 0 Å². The van der Waals surface area contributed by atoms with Crippen molar-refractivity contribution in [2.24, 2.45) is 5.73 Å². The molecule has 1 fully saturated rings. The topological polar surface area (TPSA) is 56.5 Å². The van der Waals surface area contributed by atoms with Gasteiger partial charge in [-0.2, -0.15) is 0 Å². The molecule has 1 heterocycles. The van der Waals surface area contributed by atoms with Crippen LogP contribution in [0.2, 0.25) is 0 Å². The molecule has 4 nitrogen and oxygen atoms in total. The Morgan fingerprint density at radius 1 is 1.50 bits per heavy atom. The number of ether oxygens (including phenoxy) is 2. The first kappa shape index (κ1) is 11.2. The third kappa shape index (κ3) is 2.13. The van der Waals surface area contributed by atoms with Gasteiger partial charge >= 0.3 is 0 Å². The molecule has 0 bridgehead atoms. The fraction of sp³-hybridized carbons (Fsp3) is 0.500. The van der Waals surface area contributed by atoms with E-state index in [0.29, 0.717) is 13.2 Å². The number of hydrogen-bond donors (Lipinski definition) is 2. The molecule has 0 aliphatic carbocycles. The average molecular weight is 222 g/mol. The Bertz CT molecular complexity index is 349. The smallest absolute Gasteiger partial charge is 0.141 e. The van der Waals surface area contributed by atoms with Gasteiger partial charge in [-0.15, -0.1) is 0 Å². The molecule has 1 unspecified atom stereocenters. The number of benzene rings is 1. The standard InChI is InChI=1S/C12H18N2O2/c1-15-11-5-3-2-4-10(11)14-12(8-13)6-7-16-9-12/h2-5,14H,6-9,13H2,1H3. The molecule has 1 aliphatic rings. The molecule has 0 saturated carbocycles. The van der Waals surface area contributed by atoms with Gasteiger partial charge in [0.1, 0.15) is 5.75 Å². The normalized spacial score (nSPS) is 24.4. The first-order chi connectivity index (χ1) is 7.79. The van der Waals surface area contributed by atoms with Gasteiger partial charge in [-0.1, -0.05) is 12.1 Å². The summed E-state index contributed by atoms with van der Waals surface area (Å²) in [5.74, 6) is 0.835. The quantitative estimate of drug-likeness (QED) is 0.804. The van der Waals surface area contributed by atoms with Crippen molar-refractivity contribution in [3.05, 3.63) is 24.3 Å². The molecule has 3 N–H and O–H groups in total. The van der Waals surface area contributed by atoms with E-state index in [2.05, 4.69) is 5.32 Å². The number of nitrogens with one attached hydrogen (secondary N) is 1. The lowest BCUT2D eigenvalue weighted by Gasteiger charge is -2.29. The summed E-state index contributed by atoms with van der Waals surface area (Å²) in [5.41, 5.74) is 6.65. The van der Waals surface area contributed by atoms with E-state index in [0.717, 1.165) is 24.5 Å². The van der Waals surface area contributed by atoms with Crippen molar-refractivity contribution in [3.8, 4) is 5.75 Å². The molecule has 1 aromatic carbocycles. The summed E-state index contributed by atoms with van der Waals surface area (Å²) in [6.07, 6.45) is 0.932. The summed E-state index contributed by atoms with van der Waals surface area (Å²) in [4.78, 5) is 0. The lowest BCUT2D eigenvalue weighted by molar-refractivity contribution is 0.183. The molecule has 0 radical (unpaired) electrons. The van der Waals surface area contributed by atoms with E-state index in [-0.39, 0.29) is 5.54 Å². The maximum Gasteiger partial charge on any atom is 0.141 e. The van der Waals surface area contributed by atoms with Crippen LogP contribution in [0.15, 0.2) is 24.3 Å². The fourth-order valence-electron chi connectivity index (χ4n) is 1.95. The number of rotatable bonds is 4. The zero-order chi connectivity index (χ0) is 11.4. The second-order valence-electron chi connectivity index (χ2n) is 4.11. The van der Waals surface area contributed by atoms with Crippen molar-refractivity contribution in [3.63, 3.8) is 0 Å². The van der Waals surface area contributed by atoms with Crippen molar-refractivity contribution >= 4 is 5.69 Å². The van der Waals surface area contributed by atoms with E-state index in [4.69, 9.17) is 15.2 Å². The van der Waals surface area contributed by atoms with Gasteiger partial charge in [0.15, 0.2) is 0 Å². The third-order valence-electron chi connectivity index (χ3n) is 3.00. The van der Waals surface area contributed by atoms with Crippen LogP contribution >= 0.6 is 0 Å². The highest BCUT2D eigenvalue weighted by Crippen LogP contribution is 2.29. The average Bonchev–Trinajstić information content (AvgIpc) is 2.79. The van der Waals surface area contributed by atoms with Crippen molar-refractivity contribution < 1.29 is 9.47 Å². The summed E-state index contributed by atoms with van der Waals surface area (Å²) in [6, 6.07) is 7.85. The Balaban J connectivity index is 2.18. The summed E-state index contributed by atoms with van der Waals surface area (Å²) in [5, 5.41) is 3.45. The summed E-state index contributed by atoms with van der Waals surface area (Å²) in [7, 11) is 1.67. The SMILES string of the molecule is COc1ccccc1NC1(CN)CCOC1. The number of methoxy groups -OCH3 is 1. The molecule has 0 aromatic heterocycles. The molecule has 16 heavy (non-hydrogen) atoms. The highest BCUT2D eigenvalue weighted by atomic mass is 16.5. The summed E-state index contributed by atoms with van der Waals surface area (Å²) in [6.45, 7) is 1.98. The highest BCUT2D eigenvalue weighted by Gasteiger charge is 2.33. The van der Waals surface area contributed by atoms with Crippen LogP contribution < -0.4 is 15.8 Å². The number of hydrogen-bond acceptors (Lipinski definition) is 4. The predicted octanol–water partition coefficient (Wildman–Crippen LogP) is 1.22. The van der Waals surface area contributed by atoms with Crippen LogP contribution in [0.3, 0.4) is 0 Å². The molecule has 1 aromatic rings. The zero-order valence-electron chi connectivity index (χ0n) is 9.53. The van der Waals surface area contributed by atoms with E-state index in [9.17, 15) is 0 Å². The van der Waals surface area contributed by atoms with Gasteiger partial charge < -0.3 is 20.5 Å². The van der Waals surface area contributed by atoms with Crippen molar-refractivity contribution in [1.29, 1.82) is 0 Å². The number of anilines is 1. The Kier molecular flexibility index (Phi) is 3.31. The molecule has 0 amide bonds. The largest absolute Gasteiger partial charge is 0.495 e. The Morgan fingerprint density at radius 3 is 2.94 bits per heavy atom. The van der Waals surface area contributed by atoms with Crippen LogP contribution in [0.1, 0.15) is 6.42 Å². The zero-order valence-corrected chi connectivity index (χ0v) is 9.53. The van der Waals surface area contributed by atoms with Gasteiger partial charge in [-0.25, -0.2) is 0 Å². The van der Waals surface area contributed by atoms with Gasteiger partial charge in [-0.3, -0.25) is 0 Å². The molecule has 1 atom stereocenters. The van der Waals surface area contributed by atoms with Gasteiger partial charge in [0, 0.05) is 13.2 Å². The Morgan fingerprint density at radius 2 is 2.31 bits per heavy atom. The van der Waals surface area contributed by atoms with Crippen LogP contribution in [0.25, 0.3) is 0 Å². The Hall–Kier alpha value is -1.26. The summed E-state index contributed by atoms with van der Waals surface area (Å²) < 4.78 is 10.7. The van der Waals surface area contributed by atoms with Crippen LogP contribution in [-0.4, -0.2) is 32.4 Å². The van der Waals surface area contributed by atoms with Gasteiger partial charge in [-0.05, 0) is 18.6 Å². The molecular formula is C12H18N2O2. The first-order valence-corrected chi connectivity index (χ1v) is 5.49. The molecular weight excluding hydrogens is 204 g/mol. The lowest BCUT2D eigenvalue weighted by atomic mass is 9.98. The number of nitrogens with two attached hydrogens (primary N) is 1. The fourth-order valence-corrected chi connectivity index (χ4v) is 1.95. The second-order valence-corrected chi connectivity index (χ2v) is 4.11. The van der Waals surface area contributed by atoms with Crippen LogP contribution in [0.4, 0.5) is 5.69 Å². The second kappa shape index (κ2) is 4.72. The minimum Gasteiger partial charge on any atom is -0.495 e. The van der Waals surface area contributed by atoms with Crippen LogP contribution in [0.5, 0.6) is 5.75 Å². The highest BCUT2D eigenvalue weighted by molar-refractivity contribution is 5.58. The minimum atomic E-state index is -0.144. The van der Waals surface area contributed by atoms with Crippen molar-refractivity contribution in [1.82, 2.24) is 0 Å². The van der Waals surface area contributed by atoms with Crippen LogP contribution in [0, 0.1) is 0 Å². The van der Waals surface area contributed by atoms with E-state index in [1.165, 1.54) is 0 Å². The minimum absolute atomic E-state index is 0.144. The number of para-hydroxylation sites is 2. The van der Waals surface area contributed by atoms with Gasteiger partial charge in [0.25, 0.3) is 0 Å². The molecule has 1 saturated heterocycles. The molecule has 88 valence electrons. The predicted molar refractivity (Wildman–Crippen MR) is 63.8 cm³/mol. The monoisotopic (exact) mass is 222 g/mol. The molecule has 0 spiro atoms. The van der Waals surface area contributed by atoms with Gasteiger partial charge in [0.2, 0.25) is 0 Å². The van der Waals surface area contributed by atoms with E-state index in [1.807, 2.05) is 24.3 Å². The summed E-state index contributed by atoms with van der Waals surface area (Å²) >= 11 is 0. The molecule has 2 rings (SSSR count). The third-order valence-corrected chi connectivity index (χ3v) is 3.00. The maximum absolute atomic E-state index is 5.82. The Labute approximate surface area is 95.7 Å². The van der Waals surface area contributed by atoms with Crippen molar-refractivity contribution in [2.45, 2.75) is 12.0 Å². The van der Waals surface area contributed by atoms with Gasteiger partial charge in [0.05, 0.1) is 24.9 Å². The maximum atomic E-state index is 5.82. The van der Waals surface area contributed by atoms with E-state index < -0.39 is 0 Å². The first-order valence-electron chi connectivity index (χ1n) is 5.49. The molecule has 4 heteroatoms. The lowest BCUT2D eigenvalue weighted by Crippen LogP contribution is -2.46. The van der Waals surface area contributed by atoms with Crippen LogP contribution in [-0.2, 0) is 4.74 Å².